The second-order valence-corrected chi connectivity index (χ2v) is 8.76. The molecule has 0 bridgehead atoms. The van der Waals surface area contributed by atoms with Crippen LogP contribution < -0.4 is 5.32 Å². The molecule has 1 aliphatic rings. The second-order valence-electron chi connectivity index (χ2n) is 6.89. The fourth-order valence-electron chi connectivity index (χ4n) is 2.33. The smallest absolute Gasteiger partial charge is 0.407 e. The Morgan fingerprint density at radius 2 is 1.90 bits per heavy atom. The van der Waals surface area contributed by atoms with E-state index in [4.69, 9.17) is 4.74 Å². The lowest BCUT2D eigenvalue weighted by Crippen LogP contribution is -2.47. The molecule has 1 amide bonds. The van der Waals surface area contributed by atoms with Gasteiger partial charge in [0, 0.05) is 15.1 Å². The van der Waals surface area contributed by atoms with E-state index in [9.17, 15) is 4.79 Å². The van der Waals surface area contributed by atoms with Crippen molar-refractivity contribution in [2.75, 3.05) is 6.61 Å². The fourth-order valence-corrected chi connectivity index (χ4v) is 3.44. The Morgan fingerprint density at radius 3 is 2.52 bits per heavy atom. The van der Waals surface area contributed by atoms with Crippen molar-refractivity contribution in [3.05, 3.63) is 29.8 Å². The quantitative estimate of drug-likeness (QED) is 0.791. The van der Waals surface area contributed by atoms with Crippen LogP contribution in [0.4, 0.5) is 4.79 Å². The van der Waals surface area contributed by atoms with Crippen LogP contribution in [0.3, 0.4) is 0 Å². The topological polar surface area (TPSA) is 38.3 Å². The van der Waals surface area contributed by atoms with Crippen molar-refractivity contribution in [3.8, 4) is 0 Å². The highest BCUT2D eigenvalue weighted by Crippen LogP contribution is 2.42. The first-order chi connectivity index (χ1) is 9.19. The molecule has 1 aromatic rings. The number of ether oxygens (including phenoxy) is 1. The number of halogens is 1. The molecular formula is C16H24ClNO2S. The minimum absolute atomic E-state index is 0. The van der Waals surface area contributed by atoms with Crippen LogP contribution in [0.15, 0.2) is 29.2 Å². The molecule has 3 nitrogen and oxygen atoms in total. The Kier molecular flexibility index (Phi) is 5.62. The van der Waals surface area contributed by atoms with E-state index < -0.39 is 0 Å². The summed E-state index contributed by atoms with van der Waals surface area (Å²) in [6, 6.07) is 8.29. The minimum atomic E-state index is -0.329. The molecule has 1 fully saturated rings. The van der Waals surface area contributed by atoms with Crippen LogP contribution in [0.25, 0.3) is 0 Å². The lowest BCUT2D eigenvalue weighted by atomic mass is 9.80. The number of rotatable bonds is 2. The third-order valence-corrected chi connectivity index (χ3v) is 4.47. The molecule has 0 spiro atoms. The van der Waals surface area contributed by atoms with Crippen molar-refractivity contribution in [2.45, 2.75) is 50.3 Å². The number of hydrogen-bond acceptors (Lipinski definition) is 3. The van der Waals surface area contributed by atoms with Crippen LogP contribution in [0.1, 0.15) is 46.2 Å². The van der Waals surface area contributed by atoms with Gasteiger partial charge in [-0.3, -0.25) is 0 Å². The van der Waals surface area contributed by atoms with E-state index in [1.54, 1.807) is 0 Å². The number of hydrogen-bond donors (Lipinski definition) is 1. The van der Waals surface area contributed by atoms with Crippen LogP contribution in [0.5, 0.6) is 0 Å². The summed E-state index contributed by atoms with van der Waals surface area (Å²) in [5.74, 6) is 0. The normalized spacial score (nSPS) is 21.0. The molecule has 1 atom stereocenters. The van der Waals surface area contributed by atoms with Gasteiger partial charge in [-0.1, -0.05) is 52.8 Å². The highest BCUT2D eigenvalue weighted by Gasteiger charge is 2.39. The Bertz CT molecular complexity index is 511. The maximum Gasteiger partial charge on any atom is 0.407 e. The molecule has 0 radical (unpaired) electrons. The maximum atomic E-state index is 11.6. The van der Waals surface area contributed by atoms with Crippen molar-refractivity contribution in [1.29, 1.82) is 0 Å². The molecule has 0 saturated carbocycles. The van der Waals surface area contributed by atoms with Crippen molar-refractivity contribution < 1.29 is 9.53 Å². The highest BCUT2D eigenvalue weighted by molar-refractivity contribution is 8.00. The Labute approximate surface area is 137 Å². The van der Waals surface area contributed by atoms with E-state index in [2.05, 4.69) is 52.1 Å². The lowest BCUT2D eigenvalue weighted by molar-refractivity contribution is 0.0380. The van der Waals surface area contributed by atoms with Crippen molar-refractivity contribution in [2.24, 2.45) is 5.41 Å². The zero-order valence-corrected chi connectivity index (χ0v) is 14.9. The zero-order valence-electron chi connectivity index (χ0n) is 13.2. The molecule has 0 unspecified atom stereocenters. The summed E-state index contributed by atoms with van der Waals surface area (Å²) in [7, 11) is 0. The average molecular weight is 330 g/mol. The number of nitrogens with one attached hydrogen (secondary N) is 1. The van der Waals surface area contributed by atoms with Gasteiger partial charge in [-0.05, 0) is 11.6 Å². The van der Waals surface area contributed by atoms with Crippen LogP contribution in [-0.4, -0.2) is 17.4 Å². The monoisotopic (exact) mass is 329 g/mol. The van der Waals surface area contributed by atoms with E-state index in [0.717, 1.165) is 0 Å². The number of carbonyl (C=O) groups excluding carboxylic acids is 1. The van der Waals surface area contributed by atoms with E-state index >= 15 is 0 Å². The van der Waals surface area contributed by atoms with Gasteiger partial charge in [0.05, 0.1) is 6.04 Å². The molecule has 1 aromatic carbocycles. The van der Waals surface area contributed by atoms with Crippen molar-refractivity contribution >= 4 is 30.3 Å². The highest BCUT2D eigenvalue weighted by atomic mass is 35.5. The van der Waals surface area contributed by atoms with Gasteiger partial charge < -0.3 is 10.1 Å². The fraction of sp³-hybridized carbons (Fsp3) is 0.562. The first-order valence-electron chi connectivity index (χ1n) is 6.90. The summed E-state index contributed by atoms with van der Waals surface area (Å²) in [4.78, 5) is 12.8. The van der Waals surface area contributed by atoms with E-state index in [1.807, 2.05) is 23.9 Å². The number of thioether (sulfide) groups is 1. The van der Waals surface area contributed by atoms with Crippen molar-refractivity contribution in [3.63, 3.8) is 0 Å². The molecule has 1 aliphatic heterocycles. The largest absolute Gasteiger partial charge is 0.449 e. The molecule has 2 rings (SSSR count). The van der Waals surface area contributed by atoms with E-state index in [1.165, 1.54) is 10.5 Å². The molecule has 1 N–H and O–H groups in total. The van der Waals surface area contributed by atoms with Gasteiger partial charge in [0.15, 0.2) is 0 Å². The van der Waals surface area contributed by atoms with Crippen LogP contribution in [0, 0.1) is 5.41 Å². The van der Waals surface area contributed by atoms with Gasteiger partial charge in [0.2, 0.25) is 0 Å². The zero-order chi connectivity index (χ0) is 15.0. The third-order valence-electron chi connectivity index (χ3n) is 3.27. The SMILES string of the molecule is CC(C)(C)Sc1ccccc1[C@@H]1NC(=O)OCC1(C)C.Cl. The predicted octanol–water partition coefficient (Wildman–Crippen LogP) is 4.81. The summed E-state index contributed by atoms with van der Waals surface area (Å²) in [6.07, 6.45) is -0.329. The standard InChI is InChI=1S/C16H23NO2S.ClH/c1-15(2,3)20-12-9-7-6-8-11(12)13-16(4,5)10-19-14(18)17-13;/h6-9,13H,10H2,1-5H3,(H,17,18);1H/t13-;/m0./s1. The molecule has 1 heterocycles. The Hall–Kier alpha value is -0.870. The number of benzene rings is 1. The van der Waals surface area contributed by atoms with Gasteiger partial charge in [-0.2, -0.15) is 0 Å². The number of amides is 1. The van der Waals surface area contributed by atoms with Gasteiger partial charge >= 0.3 is 6.09 Å². The Morgan fingerprint density at radius 1 is 1.29 bits per heavy atom. The third kappa shape index (κ3) is 4.55. The van der Waals surface area contributed by atoms with Gasteiger partial charge in [-0.15, -0.1) is 24.2 Å². The molecule has 0 aliphatic carbocycles. The van der Waals surface area contributed by atoms with Gasteiger partial charge in [0.25, 0.3) is 0 Å². The molecule has 1 saturated heterocycles. The number of cyclic esters (lactones) is 1. The Balaban J connectivity index is 0.00000220. The summed E-state index contributed by atoms with van der Waals surface area (Å²) in [5.41, 5.74) is 1.05. The summed E-state index contributed by atoms with van der Waals surface area (Å²) >= 11 is 1.83. The van der Waals surface area contributed by atoms with Crippen LogP contribution in [0.2, 0.25) is 0 Å². The van der Waals surface area contributed by atoms with E-state index in [0.29, 0.717) is 6.61 Å². The van der Waals surface area contributed by atoms with E-state index in [-0.39, 0.29) is 34.7 Å². The van der Waals surface area contributed by atoms with Crippen molar-refractivity contribution in [1.82, 2.24) is 5.32 Å². The number of alkyl carbamates (subject to hydrolysis) is 1. The average Bonchev–Trinajstić information content (AvgIpc) is 2.31. The molecule has 5 heteroatoms. The van der Waals surface area contributed by atoms with Crippen LogP contribution in [-0.2, 0) is 4.74 Å². The summed E-state index contributed by atoms with van der Waals surface area (Å²) in [6.45, 7) is 11.3. The lowest BCUT2D eigenvalue weighted by Gasteiger charge is -2.39. The van der Waals surface area contributed by atoms with Gasteiger partial charge in [0.1, 0.15) is 6.61 Å². The minimum Gasteiger partial charge on any atom is -0.449 e. The first kappa shape index (κ1) is 18.2. The molecule has 21 heavy (non-hydrogen) atoms. The molecule has 0 aromatic heterocycles. The summed E-state index contributed by atoms with van der Waals surface area (Å²) < 4.78 is 5.26. The summed E-state index contributed by atoms with van der Waals surface area (Å²) in [5, 5.41) is 2.97. The molecule has 118 valence electrons. The maximum absolute atomic E-state index is 11.6. The predicted molar refractivity (Wildman–Crippen MR) is 90.3 cm³/mol. The number of carbonyl (C=O) groups is 1. The second kappa shape index (κ2) is 6.49. The van der Waals surface area contributed by atoms with Gasteiger partial charge in [-0.25, -0.2) is 4.79 Å². The van der Waals surface area contributed by atoms with Crippen LogP contribution >= 0.6 is 24.2 Å². The molecular weight excluding hydrogens is 306 g/mol. The first-order valence-corrected chi connectivity index (χ1v) is 7.72.